The molecule has 8 heteroatoms. The molecule has 1 aliphatic rings. The number of carbonyl (C=O) groups excluding carboxylic acids is 1. The number of nitrogens with one attached hydrogen (secondary N) is 1. The fourth-order valence-electron chi connectivity index (χ4n) is 3.89. The predicted molar refractivity (Wildman–Crippen MR) is 120 cm³/mol. The molecular weight excluding hydrogens is 424 g/mol. The standard InChI is InChI=1S/C22H27ClN2O4S/c1-14(17-9-8-16-6-5-7-18(16)12-17)24-22(26)15(2)25(30(4,27)28)20-13-19(23)10-11-21(20)29-3/h8-15H,5-7H2,1-4H3,(H,24,26)/t14-,15+/m0/s1. The number of sulfonamides is 1. The second-order valence-electron chi connectivity index (χ2n) is 7.66. The number of nitrogens with zero attached hydrogens (tertiary/aromatic N) is 1. The van der Waals surface area contributed by atoms with Crippen LogP contribution in [0.5, 0.6) is 5.75 Å². The molecule has 1 amide bonds. The van der Waals surface area contributed by atoms with Crippen molar-refractivity contribution in [3.63, 3.8) is 0 Å². The summed E-state index contributed by atoms with van der Waals surface area (Å²) in [4.78, 5) is 13.0. The number of anilines is 1. The van der Waals surface area contributed by atoms with E-state index < -0.39 is 22.0 Å². The molecule has 0 saturated carbocycles. The van der Waals surface area contributed by atoms with Crippen LogP contribution in [0.25, 0.3) is 0 Å². The molecule has 2 aromatic rings. The van der Waals surface area contributed by atoms with Gasteiger partial charge in [-0.1, -0.05) is 29.8 Å². The van der Waals surface area contributed by atoms with Gasteiger partial charge in [-0.15, -0.1) is 0 Å². The van der Waals surface area contributed by atoms with E-state index in [0.29, 0.717) is 10.8 Å². The Hall–Kier alpha value is -2.25. The summed E-state index contributed by atoms with van der Waals surface area (Å²) in [7, 11) is -2.35. The largest absolute Gasteiger partial charge is 0.495 e. The van der Waals surface area contributed by atoms with Crippen LogP contribution < -0.4 is 14.4 Å². The molecular formula is C22H27ClN2O4S. The SMILES string of the molecule is COc1ccc(Cl)cc1N([C@H](C)C(=O)N[C@@H](C)c1ccc2c(c1)CCC2)S(C)(=O)=O. The molecule has 0 radical (unpaired) electrons. The summed E-state index contributed by atoms with van der Waals surface area (Å²) >= 11 is 6.09. The maximum absolute atomic E-state index is 13.0. The van der Waals surface area contributed by atoms with Gasteiger partial charge in [0.2, 0.25) is 15.9 Å². The van der Waals surface area contributed by atoms with Crippen molar-refractivity contribution >= 4 is 33.2 Å². The Labute approximate surface area is 183 Å². The number of carbonyl (C=O) groups is 1. The highest BCUT2D eigenvalue weighted by atomic mass is 35.5. The molecule has 0 fully saturated rings. The average Bonchev–Trinajstić information content (AvgIpc) is 3.14. The van der Waals surface area contributed by atoms with Crippen LogP contribution in [0, 0.1) is 0 Å². The number of fused-ring (bicyclic) bond motifs is 1. The maximum atomic E-state index is 13.0. The van der Waals surface area contributed by atoms with Crippen LogP contribution >= 0.6 is 11.6 Å². The zero-order valence-corrected chi connectivity index (χ0v) is 19.2. The second kappa shape index (κ2) is 8.86. The van der Waals surface area contributed by atoms with Gasteiger partial charge in [0.25, 0.3) is 0 Å². The fraction of sp³-hybridized carbons (Fsp3) is 0.409. The topological polar surface area (TPSA) is 75.7 Å². The van der Waals surface area contributed by atoms with Gasteiger partial charge < -0.3 is 10.1 Å². The van der Waals surface area contributed by atoms with Gasteiger partial charge in [0.05, 0.1) is 25.1 Å². The van der Waals surface area contributed by atoms with Crippen LogP contribution in [0.4, 0.5) is 5.69 Å². The summed E-state index contributed by atoms with van der Waals surface area (Å²) in [5.74, 6) is -0.0911. The number of aryl methyl sites for hydroxylation is 2. The Kier molecular flexibility index (Phi) is 6.62. The van der Waals surface area contributed by atoms with Crippen molar-refractivity contribution in [3.05, 3.63) is 58.1 Å². The van der Waals surface area contributed by atoms with Gasteiger partial charge in [-0.2, -0.15) is 0 Å². The smallest absolute Gasteiger partial charge is 0.244 e. The maximum Gasteiger partial charge on any atom is 0.244 e. The van der Waals surface area contributed by atoms with Crippen molar-refractivity contribution in [2.45, 2.75) is 45.2 Å². The van der Waals surface area contributed by atoms with E-state index in [-0.39, 0.29) is 11.7 Å². The molecule has 0 saturated heterocycles. The van der Waals surface area contributed by atoms with E-state index in [1.165, 1.54) is 24.3 Å². The Balaban J connectivity index is 1.85. The Morgan fingerprint density at radius 1 is 1.13 bits per heavy atom. The number of rotatable bonds is 7. The first-order chi connectivity index (χ1) is 14.1. The van der Waals surface area contributed by atoms with Crippen molar-refractivity contribution in [3.8, 4) is 5.75 Å². The minimum atomic E-state index is -3.79. The van der Waals surface area contributed by atoms with Crippen molar-refractivity contribution < 1.29 is 17.9 Å². The molecule has 0 unspecified atom stereocenters. The average molecular weight is 451 g/mol. The van der Waals surface area contributed by atoms with E-state index >= 15 is 0 Å². The van der Waals surface area contributed by atoms with Crippen molar-refractivity contribution in [1.82, 2.24) is 5.32 Å². The number of hydrogen-bond acceptors (Lipinski definition) is 4. The highest BCUT2D eigenvalue weighted by Crippen LogP contribution is 2.34. The van der Waals surface area contributed by atoms with E-state index in [4.69, 9.17) is 16.3 Å². The number of ether oxygens (including phenoxy) is 1. The summed E-state index contributed by atoms with van der Waals surface area (Å²) < 4.78 is 31.5. The van der Waals surface area contributed by atoms with Gasteiger partial charge in [0.1, 0.15) is 11.8 Å². The molecule has 1 aliphatic carbocycles. The van der Waals surface area contributed by atoms with E-state index in [9.17, 15) is 13.2 Å². The highest BCUT2D eigenvalue weighted by molar-refractivity contribution is 7.92. The molecule has 2 atom stereocenters. The van der Waals surface area contributed by atoms with Crippen LogP contribution in [0.3, 0.4) is 0 Å². The van der Waals surface area contributed by atoms with Crippen LogP contribution in [-0.2, 0) is 27.7 Å². The molecule has 2 aromatic carbocycles. The molecule has 6 nitrogen and oxygen atoms in total. The first-order valence-corrected chi connectivity index (χ1v) is 12.1. The van der Waals surface area contributed by atoms with E-state index in [1.807, 2.05) is 13.0 Å². The first-order valence-electron chi connectivity index (χ1n) is 9.87. The minimum Gasteiger partial charge on any atom is -0.495 e. The molecule has 0 aliphatic heterocycles. The van der Waals surface area contributed by atoms with Gasteiger partial charge in [-0.3, -0.25) is 9.10 Å². The van der Waals surface area contributed by atoms with Crippen molar-refractivity contribution in [2.75, 3.05) is 17.7 Å². The lowest BCUT2D eigenvalue weighted by molar-refractivity contribution is -0.122. The normalized spacial score (nSPS) is 15.2. The number of methoxy groups -OCH3 is 1. The third kappa shape index (κ3) is 4.73. The highest BCUT2D eigenvalue weighted by Gasteiger charge is 2.32. The Bertz CT molecular complexity index is 1060. The lowest BCUT2D eigenvalue weighted by atomic mass is 10.0. The molecule has 3 rings (SSSR count). The van der Waals surface area contributed by atoms with Gasteiger partial charge in [0, 0.05) is 5.02 Å². The third-order valence-corrected chi connectivity index (χ3v) is 6.91. The molecule has 162 valence electrons. The van der Waals surface area contributed by atoms with Crippen LogP contribution in [-0.4, -0.2) is 33.7 Å². The molecule has 0 bridgehead atoms. The van der Waals surface area contributed by atoms with Gasteiger partial charge in [-0.25, -0.2) is 8.42 Å². The zero-order chi connectivity index (χ0) is 22.1. The third-order valence-electron chi connectivity index (χ3n) is 5.45. The van der Waals surface area contributed by atoms with E-state index in [2.05, 4.69) is 17.4 Å². The predicted octanol–water partition coefficient (Wildman–Crippen LogP) is 3.87. The monoisotopic (exact) mass is 450 g/mol. The number of benzene rings is 2. The van der Waals surface area contributed by atoms with Gasteiger partial charge >= 0.3 is 0 Å². The van der Waals surface area contributed by atoms with Crippen LogP contribution in [0.15, 0.2) is 36.4 Å². The summed E-state index contributed by atoms with van der Waals surface area (Å²) in [6, 6.07) is 9.68. The summed E-state index contributed by atoms with van der Waals surface area (Å²) in [5, 5.41) is 3.29. The van der Waals surface area contributed by atoms with Crippen LogP contribution in [0.2, 0.25) is 5.02 Å². The molecule has 0 aromatic heterocycles. The molecule has 30 heavy (non-hydrogen) atoms. The molecule has 0 heterocycles. The summed E-state index contributed by atoms with van der Waals surface area (Å²) in [5.41, 5.74) is 3.91. The van der Waals surface area contributed by atoms with E-state index in [1.54, 1.807) is 19.1 Å². The number of amides is 1. The molecule has 1 N–H and O–H groups in total. The number of halogens is 1. The van der Waals surface area contributed by atoms with Gasteiger partial charge in [-0.05, 0) is 68.0 Å². The zero-order valence-electron chi connectivity index (χ0n) is 17.6. The fourth-order valence-corrected chi connectivity index (χ4v) is 5.23. The quantitative estimate of drug-likeness (QED) is 0.694. The summed E-state index contributed by atoms with van der Waals surface area (Å²) in [6.07, 6.45) is 4.36. The summed E-state index contributed by atoms with van der Waals surface area (Å²) in [6.45, 7) is 3.44. The van der Waals surface area contributed by atoms with Crippen LogP contribution in [0.1, 0.15) is 43.0 Å². The first kappa shape index (κ1) is 22.4. The van der Waals surface area contributed by atoms with E-state index in [0.717, 1.165) is 35.4 Å². The minimum absolute atomic E-state index is 0.223. The van der Waals surface area contributed by atoms with Gasteiger partial charge in [0.15, 0.2) is 0 Å². The molecule has 0 spiro atoms. The Morgan fingerprint density at radius 2 is 1.83 bits per heavy atom. The number of hydrogen-bond donors (Lipinski definition) is 1. The van der Waals surface area contributed by atoms with Crippen molar-refractivity contribution in [1.29, 1.82) is 0 Å². The lowest BCUT2D eigenvalue weighted by Gasteiger charge is -2.30. The second-order valence-corrected chi connectivity index (χ2v) is 9.96. The lowest BCUT2D eigenvalue weighted by Crippen LogP contribution is -2.48. The van der Waals surface area contributed by atoms with Crippen molar-refractivity contribution in [2.24, 2.45) is 0 Å². The Morgan fingerprint density at radius 3 is 2.50 bits per heavy atom.